The maximum Gasteiger partial charge on any atom is 0.273 e. The Kier molecular flexibility index (Phi) is 4.97. The second-order valence-corrected chi connectivity index (χ2v) is 6.91. The number of nitro benzene ring substituents is 1. The number of benzene rings is 2. The number of nitro groups is 1. The molecule has 0 radical (unpaired) electrons. The molecule has 0 spiro atoms. The second kappa shape index (κ2) is 7.73. The summed E-state index contributed by atoms with van der Waals surface area (Å²) in [7, 11) is 0. The van der Waals surface area contributed by atoms with Crippen molar-refractivity contribution >= 4 is 16.6 Å². The first-order valence-electron chi connectivity index (χ1n) is 9.28. The second-order valence-electron chi connectivity index (χ2n) is 6.91. The third-order valence-corrected chi connectivity index (χ3v) is 5.03. The van der Waals surface area contributed by atoms with Crippen molar-refractivity contribution < 1.29 is 9.66 Å². The van der Waals surface area contributed by atoms with Gasteiger partial charge in [-0.1, -0.05) is 0 Å². The minimum atomic E-state index is -0.501. The van der Waals surface area contributed by atoms with Crippen LogP contribution in [-0.2, 0) is 0 Å². The number of hydrogen-bond acceptors (Lipinski definition) is 6. The summed E-state index contributed by atoms with van der Waals surface area (Å²) in [6, 6.07) is 14.8. The van der Waals surface area contributed by atoms with Crippen LogP contribution in [0.3, 0.4) is 0 Å². The van der Waals surface area contributed by atoms with Gasteiger partial charge in [0.15, 0.2) is 0 Å². The highest BCUT2D eigenvalue weighted by Crippen LogP contribution is 2.24. The molecular weight excluding hydrogens is 372 g/mol. The van der Waals surface area contributed by atoms with Gasteiger partial charge in [0.05, 0.1) is 10.4 Å². The molecule has 0 bridgehead atoms. The monoisotopic (exact) mass is 390 g/mol. The van der Waals surface area contributed by atoms with E-state index in [0.717, 1.165) is 19.4 Å². The van der Waals surface area contributed by atoms with Crippen LogP contribution < -0.4 is 15.6 Å². The predicted octanol–water partition coefficient (Wildman–Crippen LogP) is 2.90. The maximum absolute atomic E-state index is 12.8. The highest BCUT2D eigenvalue weighted by molar-refractivity contribution is 5.83. The SMILES string of the molecule is N#Cc1cc2cc(OC[C@H]3CCCN3)ccc2n(-c2ccc([N+](=O)[O-])cc2)c1=O. The molecule has 0 amide bonds. The Morgan fingerprint density at radius 3 is 2.69 bits per heavy atom. The third kappa shape index (κ3) is 3.68. The summed E-state index contributed by atoms with van der Waals surface area (Å²) >= 11 is 0. The van der Waals surface area contributed by atoms with Crippen molar-refractivity contribution in [2.45, 2.75) is 18.9 Å². The first-order valence-corrected chi connectivity index (χ1v) is 9.28. The summed E-state index contributed by atoms with van der Waals surface area (Å²) < 4.78 is 7.27. The van der Waals surface area contributed by atoms with Crippen molar-refractivity contribution in [3.8, 4) is 17.5 Å². The quantitative estimate of drug-likeness (QED) is 0.530. The number of hydrogen-bond donors (Lipinski definition) is 1. The van der Waals surface area contributed by atoms with E-state index in [1.54, 1.807) is 24.3 Å². The minimum absolute atomic E-state index is 0.00883. The van der Waals surface area contributed by atoms with Crippen LogP contribution in [0.5, 0.6) is 5.75 Å². The third-order valence-electron chi connectivity index (χ3n) is 5.03. The summed E-state index contributed by atoms with van der Waals surface area (Å²) in [6.45, 7) is 1.55. The summed E-state index contributed by atoms with van der Waals surface area (Å²) in [4.78, 5) is 23.2. The molecule has 2 heterocycles. The number of nitrogens with zero attached hydrogens (tertiary/aromatic N) is 3. The number of nitriles is 1. The lowest BCUT2D eigenvalue weighted by Crippen LogP contribution is -2.28. The molecule has 1 fully saturated rings. The van der Waals surface area contributed by atoms with Crippen molar-refractivity contribution in [3.63, 3.8) is 0 Å². The maximum atomic E-state index is 12.8. The van der Waals surface area contributed by atoms with Gasteiger partial charge in [-0.3, -0.25) is 19.5 Å². The first kappa shape index (κ1) is 18.7. The number of pyridine rings is 1. The van der Waals surface area contributed by atoms with E-state index in [0.29, 0.717) is 35.0 Å². The Balaban J connectivity index is 1.76. The van der Waals surface area contributed by atoms with Crippen LogP contribution in [0.4, 0.5) is 5.69 Å². The van der Waals surface area contributed by atoms with Crippen LogP contribution in [0.15, 0.2) is 53.3 Å². The zero-order valence-electron chi connectivity index (χ0n) is 15.5. The average Bonchev–Trinajstić information content (AvgIpc) is 3.25. The molecule has 1 aliphatic rings. The Labute approximate surface area is 166 Å². The van der Waals surface area contributed by atoms with E-state index in [4.69, 9.17) is 4.74 Å². The smallest absolute Gasteiger partial charge is 0.273 e. The van der Waals surface area contributed by atoms with Crippen LogP contribution in [-0.4, -0.2) is 28.7 Å². The largest absolute Gasteiger partial charge is 0.492 e. The number of ether oxygens (including phenoxy) is 1. The van der Waals surface area contributed by atoms with Crippen molar-refractivity contribution in [1.29, 1.82) is 5.26 Å². The minimum Gasteiger partial charge on any atom is -0.492 e. The van der Waals surface area contributed by atoms with Crippen molar-refractivity contribution in [2.24, 2.45) is 0 Å². The lowest BCUT2D eigenvalue weighted by atomic mass is 10.1. The van der Waals surface area contributed by atoms with E-state index in [1.807, 2.05) is 6.07 Å². The fraction of sp³-hybridized carbons (Fsp3) is 0.238. The van der Waals surface area contributed by atoms with E-state index < -0.39 is 10.5 Å². The number of nitrogens with one attached hydrogen (secondary N) is 1. The fourth-order valence-electron chi connectivity index (χ4n) is 3.54. The molecule has 3 aromatic rings. The Morgan fingerprint density at radius 2 is 2.03 bits per heavy atom. The molecule has 1 aromatic heterocycles. The highest BCUT2D eigenvalue weighted by Gasteiger charge is 2.16. The van der Waals surface area contributed by atoms with E-state index in [-0.39, 0.29) is 11.3 Å². The zero-order valence-corrected chi connectivity index (χ0v) is 15.5. The van der Waals surface area contributed by atoms with E-state index in [1.165, 1.54) is 28.8 Å². The Morgan fingerprint density at radius 1 is 1.24 bits per heavy atom. The predicted molar refractivity (Wildman–Crippen MR) is 107 cm³/mol. The summed E-state index contributed by atoms with van der Waals surface area (Å²) in [5.41, 5.74) is 0.489. The van der Waals surface area contributed by atoms with Crippen molar-refractivity contribution in [2.75, 3.05) is 13.2 Å². The standard InChI is InChI=1S/C21H18N4O4/c22-12-15-10-14-11-19(29-13-16-2-1-9-23-16)7-8-20(14)24(21(15)26)17-3-5-18(6-4-17)25(27)28/h3-8,10-11,16,23H,1-2,9,13H2/t16-/m1/s1. The highest BCUT2D eigenvalue weighted by atomic mass is 16.6. The molecule has 1 saturated heterocycles. The number of fused-ring (bicyclic) bond motifs is 1. The summed E-state index contributed by atoms with van der Waals surface area (Å²) in [5.74, 6) is 0.656. The van der Waals surface area contributed by atoms with Gasteiger partial charge in [-0.15, -0.1) is 0 Å². The lowest BCUT2D eigenvalue weighted by Gasteiger charge is -2.14. The van der Waals surface area contributed by atoms with E-state index in [2.05, 4.69) is 5.32 Å². The lowest BCUT2D eigenvalue weighted by molar-refractivity contribution is -0.384. The molecule has 1 aliphatic heterocycles. The fourth-order valence-corrected chi connectivity index (χ4v) is 3.54. The zero-order chi connectivity index (χ0) is 20.4. The molecule has 2 aromatic carbocycles. The Hall–Kier alpha value is -3.70. The van der Waals surface area contributed by atoms with Gasteiger partial charge in [0.25, 0.3) is 11.2 Å². The number of rotatable bonds is 5. The molecule has 1 atom stereocenters. The van der Waals surface area contributed by atoms with Gasteiger partial charge in [-0.05, 0) is 55.8 Å². The number of aromatic nitrogens is 1. The number of non-ortho nitro benzene ring substituents is 1. The molecule has 4 rings (SSSR count). The van der Waals surface area contributed by atoms with Crippen LogP contribution >= 0.6 is 0 Å². The Bertz CT molecular complexity index is 1170. The molecule has 0 saturated carbocycles. The molecule has 8 nitrogen and oxygen atoms in total. The molecule has 8 heteroatoms. The molecule has 0 unspecified atom stereocenters. The molecule has 1 N–H and O–H groups in total. The van der Waals surface area contributed by atoms with Gasteiger partial charge in [0.1, 0.15) is 24.0 Å². The van der Waals surface area contributed by atoms with Crippen molar-refractivity contribution in [1.82, 2.24) is 9.88 Å². The van der Waals surface area contributed by atoms with Gasteiger partial charge in [0.2, 0.25) is 0 Å². The average molecular weight is 390 g/mol. The van der Waals surface area contributed by atoms with Gasteiger partial charge in [-0.2, -0.15) is 5.26 Å². The molecular formula is C21H18N4O4. The topological polar surface area (TPSA) is 110 Å². The van der Waals surface area contributed by atoms with Crippen LogP contribution in [0.1, 0.15) is 18.4 Å². The summed E-state index contributed by atoms with van der Waals surface area (Å²) in [6.07, 6.45) is 2.21. The van der Waals surface area contributed by atoms with Gasteiger partial charge < -0.3 is 10.1 Å². The molecule has 29 heavy (non-hydrogen) atoms. The van der Waals surface area contributed by atoms with Gasteiger partial charge in [0, 0.05) is 29.2 Å². The molecule has 0 aliphatic carbocycles. The molecule has 146 valence electrons. The van der Waals surface area contributed by atoms with E-state index in [9.17, 15) is 20.2 Å². The van der Waals surface area contributed by atoms with E-state index >= 15 is 0 Å². The first-order chi connectivity index (χ1) is 14.1. The normalized spacial score (nSPS) is 15.9. The van der Waals surface area contributed by atoms with Gasteiger partial charge >= 0.3 is 0 Å². The van der Waals surface area contributed by atoms with Crippen LogP contribution in [0.2, 0.25) is 0 Å². The van der Waals surface area contributed by atoms with Gasteiger partial charge in [-0.25, -0.2) is 0 Å². The van der Waals surface area contributed by atoms with Crippen LogP contribution in [0, 0.1) is 21.4 Å². The summed E-state index contributed by atoms with van der Waals surface area (Å²) in [5, 5.41) is 24.3. The van der Waals surface area contributed by atoms with Crippen molar-refractivity contribution in [3.05, 3.63) is 74.6 Å². The van der Waals surface area contributed by atoms with Crippen LogP contribution in [0.25, 0.3) is 16.6 Å².